The highest BCUT2D eigenvalue weighted by Gasteiger charge is 2.10. The first-order chi connectivity index (χ1) is 12.0. The van der Waals surface area contributed by atoms with E-state index in [1.54, 1.807) is 36.4 Å². The topological polar surface area (TPSA) is 67.4 Å². The van der Waals surface area contributed by atoms with Crippen LogP contribution in [0.25, 0.3) is 0 Å². The van der Waals surface area contributed by atoms with Crippen molar-refractivity contribution in [2.75, 3.05) is 19.7 Å². The maximum Gasteiger partial charge on any atom is 0.258 e. The molecule has 2 aromatic carbocycles. The average molecular weight is 402 g/mol. The molecule has 0 fully saturated rings. The Bertz CT molecular complexity index is 751. The number of carbonyl (C=O) groups excluding carboxylic acids is 2. The third-order valence-electron chi connectivity index (χ3n) is 3.09. The molecular formula is C17H15Cl3N2O3. The maximum absolute atomic E-state index is 12.0. The second-order valence-electron chi connectivity index (χ2n) is 4.97. The molecule has 0 aliphatic rings. The van der Waals surface area contributed by atoms with Crippen LogP contribution in [0.2, 0.25) is 15.1 Å². The third-order valence-corrected chi connectivity index (χ3v) is 3.91. The summed E-state index contributed by atoms with van der Waals surface area (Å²) in [5, 5.41) is 6.60. The second kappa shape index (κ2) is 9.51. The molecule has 8 heteroatoms. The average Bonchev–Trinajstić information content (AvgIpc) is 2.60. The van der Waals surface area contributed by atoms with Gasteiger partial charge in [0.15, 0.2) is 6.61 Å². The van der Waals surface area contributed by atoms with Crippen molar-refractivity contribution in [1.82, 2.24) is 10.6 Å². The van der Waals surface area contributed by atoms with Crippen LogP contribution >= 0.6 is 34.8 Å². The summed E-state index contributed by atoms with van der Waals surface area (Å²) in [6.07, 6.45) is 0. The lowest BCUT2D eigenvalue weighted by atomic mass is 10.2. The molecule has 2 amide bonds. The summed E-state index contributed by atoms with van der Waals surface area (Å²) in [4.78, 5) is 23.7. The Kier molecular flexibility index (Phi) is 7.37. The van der Waals surface area contributed by atoms with E-state index in [2.05, 4.69) is 10.6 Å². The summed E-state index contributed by atoms with van der Waals surface area (Å²) < 4.78 is 5.31. The number of carbonyl (C=O) groups is 2. The second-order valence-corrected chi connectivity index (χ2v) is 6.25. The standard InChI is InChI=1S/C17H15Cl3N2O3/c18-11-1-4-13(5-2-11)25-10-16(23)21-7-8-22-17(24)14-9-12(19)3-6-15(14)20/h1-6,9H,7-8,10H2,(H,21,23)(H,22,24). The fourth-order valence-corrected chi connectivity index (χ4v) is 2.38. The Hall–Kier alpha value is -1.95. The molecule has 0 heterocycles. The number of ether oxygens (including phenoxy) is 1. The highest BCUT2D eigenvalue weighted by molar-refractivity contribution is 6.35. The summed E-state index contributed by atoms with van der Waals surface area (Å²) in [7, 11) is 0. The molecule has 2 aromatic rings. The minimum Gasteiger partial charge on any atom is -0.484 e. The zero-order valence-electron chi connectivity index (χ0n) is 13.0. The molecule has 0 aliphatic heterocycles. The lowest BCUT2D eigenvalue weighted by Gasteiger charge is -2.09. The number of amides is 2. The summed E-state index contributed by atoms with van der Waals surface area (Å²) in [5.41, 5.74) is 0.284. The highest BCUT2D eigenvalue weighted by Crippen LogP contribution is 2.20. The molecule has 0 unspecified atom stereocenters. The zero-order chi connectivity index (χ0) is 18.2. The third kappa shape index (κ3) is 6.46. The van der Waals surface area contributed by atoms with Crippen molar-refractivity contribution in [2.24, 2.45) is 0 Å². The van der Waals surface area contributed by atoms with E-state index in [-0.39, 0.29) is 37.1 Å². The first kappa shape index (κ1) is 19.4. The largest absolute Gasteiger partial charge is 0.484 e. The summed E-state index contributed by atoms with van der Waals surface area (Å²) in [6, 6.07) is 11.3. The quantitative estimate of drug-likeness (QED) is 0.697. The van der Waals surface area contributed by atoms with Gasteiger partial charge in [-0.3, -0.25) is 9.59 Å². The predicted molar refractivity (Wildman–Crippen MR) is 98.8 cm³/mol. The molecule has 132 valence electrons. The van der Waals surface area contributed by atoms with Crippen LogP contribution in [0, 0.1) is 0 Å². The fourth-order valence-electron chi connectivity index (χ4n) is 1.88. The summed E-state index contributed by atoms with van der Waals surface area (Å²) in [6.45, 7) is 0.372. The monoisotopic (exact) mass is 400 g/mol. The van der Waals surface area contributed by atoms with Crippen LogP contribution in [0.3, 0.4) is 0 Å². The molecule has 2 rings (SSSR count). The van der Waals surface area contributed by atoms with Gasteiger partial charge in [0, 0.05) is 23.1 Å². The molecule has 2 N–H and O–H groups in total. The van der Waals surface area contributed by atoms with E-state index in [1.165, 1.54) is 6.07 Å². The van der Waals surface area contributed by atoms with Crippen LogP contribution in [0.5, 0.6) is 5.75 Å². The highest BCUT2D eigenvalue weighted by atomic mass is 35.5. The molecule has 0 atom stereocenters. The Morgan fingerprint density at radius 3 is 2.24 bits per heavy atom. The SMILES string of the molecule is O=C(COc1ccc(Cl)cc1)NCCNC(=O)c1cc(Cl)ccc1Cl. The summed E-state index contributed by atoms with van der Waals surface area (Å²) in [5.74, 6) is -0.118. The molecule has 25 heavy (non-hydrogen) atoms. The van der Waals surface area contributed by atoms with Crippen molar-refractivity contribution in [3.63, 3.8) is 0 Å². The van der Waals surface area contributed by atoms with Gasteiger partial charge in [0.1, 0.15) is 5.75 Å². The molecule has 0 aromatic heterocycles. The predicted octanol–water partition coefficient (Wildman–Crippen LogP) is 3.57. The first-order valence-corrected chi connectivity index (χ1v) is 8.47. The number of hydrogen-bond acceptors (Lipinski definition) is 3. The van der Waals surface area contributed by atoms with Crippen molar-refractivity contribution in [1.29, 1.82) is 0 Å². The van der Waals surface area contributed by atoms with Crippen molar-refractivity contribution >= 4 is 46.6 Å². The molecule has 0 radical (unpaired) electrons. The number of benzene rings is 2. The van der Waals surface area contributed by atoms with Gasteiger partial charge in [-0.25, -0.2) is 0 Å². The lowest BCUT2D eigenvalue weighted by molar-refractivity contribution is -0.123. The molecule has 0 bridgehead atoms. The molecule has 0 saturated heterocycles. The number of hydrogen-bond donors (Lipinski definition) is 2. The van der Waals surface area contributed by atoms with Crippen molar-refractivity contribution in [3.05, 3.63) is 63.1 Å². The van der Waals surface area contributed by atoms with Crippen LogP contribution in [0.15, 0.2) is 42.5 Å². The zero-order valence-corrected chi connectivity index (χ0v) is 15.3. The Morgan fingerprint density at radius 2 is 1.52 bits per heavy atom. The van der Waals surface area contributed by atoms with E-state index in [1.807, 2.05) is 0 Å². The van der Waals surface area contributed by atoms with Gasteiger partial charge in [0.2, 0.25) is 0 Å². The van der Waals surface area contributed by atoms with Crippen LogP contribution in [-0.4, -0.2) is 31.5 Å². The van der Waals surface area contributed by atoms with Gasteiger partial charge in [-0.2, -0.15) is 0 Å². The van der Waals surface area contributed by atoms with E-state index in [9.17, 15) is 9.59 Å². The Morgan fingerprint density at radius 1 is 0.880 bits per heavy atom. The van der Waals surface area contributed by atoms with E-state index in [0.717, 1.165) is 0 Å². The van der Waals surface area contributed by atoms with Crippen molar-refractivity contribution in [3.8, 4) is 5.75 Å². The van der Waals surface area contributed by atoms with Crippen LogP contribution in [-0.2, 0) is 4.79 Å². The van der Waals surface area contributed by atoms with E-state index in [0.29, 0.717) is 20.8 Å². The smallest absolute Gasteiger partial charge is 0.258 e. The lowest BCUT2D eigenvalue weighted by Crippen LogP contribution is -2.36. The number of nitrogens with one attached hydrogen (secondary N) is 2. The minimum absolute atomic E-state index is 0.129. The van der Waals surface area contributed by atoms with Gasteiger partial charge in [0.05, 0.1) is 10.6 Å². The Labute approximate surface area is 160 Å². The normalized spacial score (nSPS) is 10.2. The first-order valence-electron chi connectivity index (χ1n) is 7.34. The molecule has 0 saturated carbocycles. The van der Waals surface area contributed by atoms with Gasteiger partial charge in [-0.1, -0.05) is 34.8 Å². The molecule has 0 spiro atoms. The molecule has 5 nitrogen and oxygen atoms in total. The van der Waals surface area contributed by atoms with Crippen LogP contribution < -0.4 is 15.4 Å². The van der Waals surface area contributed by atoms with Crippen molar-refractivity contribution < 1.29 is 14.3 Å². The van der Waals surface area contributed by atoms with Crippen LogP contribution in [0.1, 0.15) is 10.4 Å². The van der Waals surface area contributed by atoms with Gasteiger partial charge < -0.3 is 15.4 Å². The molecular weight excluding hydrogens is 387 g/mol. The van der Waals surface area contributed by atoms with E-state index in [4.69, 9.17) is 39.5 Å². The van der Waals surface area contributed by atoms with Crippen LogP contribution in [0.4, 0.5) is 0 Å². The maximum atomic E-state index is 12.0. The van der Waals surface area contributed by atoms with Gasteiger partial charge in [-0.05, 0) is 42.5 Å². The fraction of sp³-hybridized carbons (Fsp3) is 0.176. The van der Waals surface area contributed by atoms with Crippen molar-refractivity contribution in [2.45, 2.75) is 0 Å². The number of rotatable bonds is 7. The van der Waals surface area contributed by atoms with Gasteiger partial charge >= 0.3 is 0 Å². The summed E-state index contributed by atoms with van der Waals surface area (Å²) >= 11 is 17.6. The molecule has 0 aliphatic carbocycles. The van der Waals surface area contributed by atoms with Gasteiger partial charge in [0.25, 0.3) is 11.8 Å². The van der Waals surface area contributed by atoms with Gasteiger partial charge in [-0.15, -0.1) is 0 Å². The van der Waals surface area contributed by atoms with E-state index < -0.39 is 0 Å². The number of halogens is 3. The Balaban J connectivity index is 1.68. The minimum atomic E-state index is -0.362. The van der Waals surface area contributed by atoms with E-state index >= 15 is 0 Å².